The first kappa shape index (κ1) is 17.1. The van der Waals surface area contributed by atoms with Crippen LogP contribution in [0.1, 0.15) is 0 Å². The molecule has 0 aliphatic heterocycles. The molecule has 4 heterocycles. The van der Waals surface area contributed by atoms with Gasteiger partial charge < -0.3 is 0 Å². The van der Waals surface area contributed by atoms with Gasteiger partial charge in [-0.3, -0.25) is 5.32 Å². The summed E-state index contributed by atoms with van der Waals surface area (Å²) in [5.74, 6) is 0.454. The van der Waals surface area contributed by atoms with Crippen LogP contribution in [0.15, 0.2) is 41.1 Å². The molecule has 0 spiro atoms. The lowest BCUT2D eigenvalue weighted by atomic mass is 10.2. The normalized spacial score (nSPS) is 11.3. The summed E-state index contributed by atoms with van der Waals surface area (Å²) in [5.41, 5.74) is 1.64. The van der Waals surface area contributed by atoms with Crippen molar-refractivity contribution in [3.8, 4) is 21.1 Å². The molecule has 1 N–H and O–H groups in total. The molecule has 0 unspecified atom stereocenters. The summed E-state index contributed by atoms with van der Waals surface area (Å²) in [6.45, 7) is 0. The van der Waals surface area contributed by atoms with Gasteiger partial charge in [-0.25, -0.2) is 4.52 Å². The number of hydrogen-bond acceptors (Lipinski definition) is 8. The maximum atomic E-state index is 6.33. The van der Waals surface area contributed by atoms with E-state index in [1.54, 1.807) is 28.0 Å². The van der Waals surface area contributed by atoms with Gasteiger partial charge in [0.2, 0.25) is 16.0 Å². The number of halogens is 2. The molecule has 0 bridgehead atoms. The zero-order valence-electron chi connectivity index (χ0n) is 13.3. The highest BCUT2D eigenvalue weighted by Crippen LogP contribution is 2.34. The topological polar surface area (TPSA) is 68.0 Å². The van der Waals surface area contributed by atoms with Gasteiger partial charge in [0.05, 0.1) is 15.6 Å². The summed E-state index contributed by atoms with van der Waals surface area (Å²) in [6.07, 6.45) is 0. The van der Waals surface area contributed by atoms with Gasteiger partial charge in [-0.05, 0) is 29.6 Å². The average Bonchev–Trinajstić information content (AvgIpc) is 3.40. The molecule has 0 saturated carbocycles. The van der Waals surface area contributed by atoms with Gasteiger partial charge in [-0.2, -0.15) is 4.98 Å². The van der Waals surface area contributed by atoms with Crippen molar-refractivity contribution in [2.75, 3.05) is 5.32 Å². The molecule has 0 fully saturated rings. The molecular formula is C16H8Cl2N6S3. The number of hydrogen-bond donors (Lipinski definition) is 1. The minimum absolute atomic E-state index is 0.454. The third kappa shape index (κ3) is 3.21. The Kier molecular flexibility index (Phi) is 4.33. The van der Waals surface area contributed by atoms with E-state index >= 15 is 0 Å². The van der Waals surface area contributed by atoms with E-state index in [-0.39, 0.29) is 0 Å². The molecule has 5 aromatic rings. The van der Waals surface area contributed by atoms with Gasteiger partial charge in [0, 0.05) is 16.0 Å². The van der Waals surface area contributed by atoms with Gasteiger partial charge in [-0.15, -0.1) is 38.0 Å². The van der Waals surface area contributed by atoms with E-state index in [1.807, 2.05) is 29.0 Å². The van der Waals surface area contributed by atoms with Crippen LogP contribution in [0.5, 0.6) is 0 Å². The predicted molar refractivity (Wildman–Crippen MR) is 113 cm³/mol. The van der Waals surface area contributed by atoms with Crippen molar-refractivity contribution in [1.82, 2.24) is 24.8 Å². The fourth-order valence-electron chi connectivity index (χ4n) is 2.48. The lowest BCUT2D eigenvalue weighted by Gasteiger charge is -2.02. The Morgan fingerprint density at radius 2 is 2.00 bits per heavy atom. The number of thiophene rings is 1. The number of benzene rings is 1. The van der Waals surface area contributed by atoms with E-state index in [4.69, 9.17) is 23.2 Å². The van der Waals surface area contributed by atoms with Crippen LogP contribution in [0.2, 0.25) is 10.0 Å². The Labute approximate surface area is 175 Å². The fourth-order valence-corrected chi connectivity index (χ4v) is 5.22. The van der Waals surface area contributed by atoms with Crippen LogP contribution in [0.4, 0.5) is 11.1 Å². The van der Waals surface area contributed by atoms with Gasteiger partial charge in [-0.1, -0.05) is 40.6 Å². The molecular weight excluding hydrogens is 443 g/mol. The van der Waals surface area contributed by atoms with Crippen LogP contribution in [0, 0.1) is 0 Å². The lowest BCUT2D eigenvalue weighted by Crippen LogP contribution is -1.94. The molecule has 134 valence electrons. The van der Waals surface area contributed by atoms with Crippen molar-refractivity contribution in [2.45, 2.75) is 0 Å². The van der Waals surface area contributed by atoms with E-state index < -0.39 is 0 Å². The number of nitrogens with zero attached hydrogens (tertiary/aromatic N) is 5. The second kappa shape index (κ2) is 6.84. The Hall–Kier alpha value is -2.04. The summed E-state index contributed by atoms with van der Waals surface area (Å²) in [6, 6.07) is 9.35. The SMILES string of the molecule is Clc1ccc(Cl)c(-c2csc3nc(Nc4nnc(-c5cccs5)s4)nn23)c1. The maximum Gasteiger partial charge on any atom is 0.250 e. The molecule has 0 aliphatic carbocycles. The van der Waals surface area contributed by atoms with Crippen LogP contribution < -0.4 is 5.32 Å². The first-order valence-corrected chi connectivity index (χ1v) is 10.9. The van der Waals surface area contributed by atoms with Crippen LogP contribution in [0.25, 0.3) is 26.1 Å². The molecule has 4 aromatic heterocycles. The molecule has 6 nitrogen and oxygen atoms in total. The van der Waals surface area contributed by atoms with E-state index in [1.165, 1.54) is 22.7 Å². The molecule has 1 aromatic carbocycles. The molecule has 5 rings (SSSR count). The molecule has 0 aliphatic rings. The Morgan fingerprint density at radius 3 is 2.85 bits per heavy atom. The van der Waals surface area contributed by atoms with Gasteiger partial charge in [0.15, 0.2) is 5.01 Å². The van der Waals surface area contributed by atoms with Crippen molar-refractivity contribution in [3.05, 3.63) is 51.1 Å². The summed E-state index contributed by atoms with van der Waals surface area (Å²) in [5, 5.41) is 22.7. The highest BCUT2D eigenvalue weighted by Gasteiger charge is 2.16. The van der Waals surface area contributed by atoms with Gasteiger partial charge >= 0.3 is 0 Å². The van der Waals surface area contributed by atoms with Crippen LogP contribution in [-0.2, 0) is 0 Å². The number of aromatic nitrogens is 5. The van der Waals surface area contributed by atoms with Crippen molar-refractivity contribution >= 4 is 73.3 Å². The van der Waals surface area contributed by atoms with Crippen LogP contribution in [-0.4, -0.2) is 24.8 Å². The number of rotatable bonds is 4. The first-order chi connectivity index (χ1) is 13.2. The number of anilines is 2. The minimum atomic E-state index is 0.454. The van der Waals surface area contributed by atoms with Crippen molar-refractivity contribution < 1.29 is 0 Å². The van der Waals surface area contributed by atoms with Crippen LogP contribution >= 0.6 is 57.2 Å². The van der Waals surface area contributed by atoms with E-state index in [0.29, 0.717) is 21.1 Å². The standard InChI is InChI=1S/C16H8Cl2N6S3/c17-8-3-4-10(18)9(6-8)11-7-26-16-20-14(23-24(11)16)19-15-22-21-13(27-15)12-2-1-5-25-12/h1-7H,(H,19,22,23). The number of nitrogens with one attached hydrogen (secondary N) is 1. The third-order valence-electron chi connectivity index (χ3n) is 3.66. The maximum absolute atomic E-state index is 6.33. The lowest BCUT2D eigenvalue weighted by molar-refractivity contribution is 0.986. The molecule has 0 atom stereocenters. The summed E-state index contributed by atoms with van der Waals surface area (Å²) < 4.78 is 1.74. The smallest absolute Gasteiger partial charge is 0.250 e. The highest BCUT2D eigenvalue weighted by atomic mass is 35.5. The average molecular weight is 451 g/mol. The van der Waals surface area contributed by atoms with E-state index in [2.05, 4.69) is 25.6 Å². The monoisotopic (exact) mass is 450 g/mol. The minimum Gasteiger partial charge on any atom is -0.297 e. The Morgan fingerprint density at radius 1 is 1.07 bits per heavy atom. The molecule has 27 heavy (non-hydrogen) atoms. The second-order valence-electron chi connectivity index (χ2n) is 5.39. The number of thiazole rings is 1. The molecule has 0 amide bonds. The highest BCUT2D eigenvalue weighted by molar-refractivity contribution is 7.23. The first-order valence-electron chi connectivity index (χ1n) is 7.61. The van der Waals surface area contributed by atoms with Crippen molar-refractivity contribution in [1.29, 1.82) is 0 Å². The van der Waals surface area contributed by atoms with Gasteiger partial charge in [0.1, 0.15) is 0 Å². The van der Waals surface area contributed by atoms with Crippen molar-refractivity contribution in [2.24, 2.45) is 0 Å². The number of fused-ring (bicyclic) bond motifs is 1. The van der Waals surface area contributed by atoms with Crippen molar-refractivity contribution in [3.63, 3.8) is 0 Å². The third-order valence-corrected chi connectivity index (χ3v) is 6.92. The Balaban J connectivity index is 1.47. The van der Waals surface area contributed by atoms with Crippen LogP contribution in [0.3, 0.4) is 0 Å². The fraction of sp³-hybridized carbons (Fsp3) is 0. The van der Waals surface area contributed by atoms with E-state index in [9.17, 15) is 0 Å². The zero-order valence-corrected chi connectivity index (χ0v) is 17.2. The van der Waals surface area contributed by atoms with E-state index in [0.717, 1.165) is 26.1 Å². The molecule has 0 radical (unpaired) electrons. The second-order valence-corrected chi connectivity index (χ2v) is 8.99. The predicted octanol–water partition coefficient (Wildman–Crippen LogP) is 6.09. The van der Waals surface area contributed by atoms with Gasteiger partial charge in [0.25, 0.3) is 0 Å². The summed E-state index contributed by atoms with van der Waals surface area (Å²) >= 11 is 17.0. The zero-order chi connectivity index (χ0) is 18.4. The quantitative estimate of drug-likeness (QED) is 0.358. The largest absolute Gasteiger partial charge is 0.297 e. The Bertz CT molecular complexity index is 1240. The summed E-state index contributed by atoms with van der Waals surface area (Å²) in [4.78, 5) is 6.33. The molecule has 0 saturated heterocycles. The molecule has 11 heteroatoms. The summed E-state index contributed by atoms with van der Waals surface area (Å²) in [7, 11) is 0.